The van der Waals surface area contributed by atoms with Crippen molar-refractivity contribution < 1.29 is 0 Å². The lowest BCUT2D eigenvalue weighted by atomic mass is 10.2. The first-order valence-electron chi connectivity index (χ1n) is 5.41. The SMILES string of the molecule is CCCCc1cn(CC(C)C)[nH]c1=O. The first-order chi connectivity index (χ1) is 6.63. The Morgan fingerprint density at radius 3 is 2.79 bits per heavy atom. The minimum Gasteiger partial charge on any atom is -0.292 e. The monoisotopic (exact) mass is 196 g/mol. The molecule has 0 radical (unpaired) electrons. The highest BCUT2D eigenvalue weighted by Crippen LogP contribution is 2.01. The van der Waals surface area contributed by atoms with Crippen molar-refractivity contribution in [2.45, 2.75) is 46.6 Å². The standard InChI is InChI=1S/C11H20N2O/c1-4-5-6-10-8-13(7-9(2)3)12-11(10)14/h8-9H,4-7H2,1-3H3,(H,12,14). The lowest BCUT2D eigenvalue weighted by Crippen LogP contribution is -2.10. The van der Waals surface area contributed by atoms with Gasteiger partial charge >= 0.3 is 0 Å². The average molecular weight is 196 g/mol. The lowest BCUT2D eigenvalue weighted by molar-refractivity contribution is 0.480. The topological polar surface area (TPSA) is 37.8 Å². The van der Waals surface area contributed by atoms with Gasteiger partial charge in [0.15, 0.2) is 0 Å². The predicted molar refractivity (Wildman–Crippen MR) is 58.5 cm³/mol. The molecule has 1 heterocycles. The Labute approximate surface area is 85.1 Å². The molecule has 0 spiro atoms. The second kappa shape index (κ2) is 5.03. The summed E-state index contributed by atoms with van der Waals surface area (Å²) in [6.07, 6.45) is 5.08. The molecule has 0 saturated carbocycles. The molecule has 0 amide bonds. The number of hydrogen-bond donors (Lipinski definition) is 1. The summed E-state index contributed by atoms with van der Waals surface area (Å²) in [6.45, 7) is 7.31. The number of aryl methyl sites for hydroxylation is 1. The zero-order valence-electron chi connectivity index (χ0n) is 9.34. The Hall–Kier alpha value is -0.990. The van der Waals surface area contributed by atoms with E-state index in [9.17, 15) is 4.79 Å². The van der Waals surface area contributed by atoms with Crippen LogP contribution in [0.1, 0.15) is 39.2 Å². The lowest BCUT2D eigenvalue weighted by Gasteiger charge is -2.04. The first kappa shape index (κ1) is 11.1. The normalized spacial score (nSPS) is 11.1. The first-order valence-corrected chi connectivity index (χ1v) is 5.41. The van der Waals surface area contributed by atoms with Gasteiger partial charge in [-0.25, -0.2) is 0 Å². The quantitative estimate of drug-likeness (QED) is 0.770. The fraction of sp³-hybridized carbons (Fsp3) is 0.727. The summed E-state index contributed by atoms with van der Waals surface area (Å²) >= 11 is 0. The summed E-state index contributed by atoms with van der Waals surface area (Å²) in [7, 11) is 0. The molecular formula is C11H20N2O. The Kier molecular flexibility index (Phi) is 3.98. The maximum absolute atomic E-state index is 11.5. The third kappa shape index (κ3) is 3.05. The molecule has 0 aromatic carbocycles. The highest BCUT2D eigenvalue weighted by Gasteiger charge is 2.04. The van der Waals surface area contributed by atoms with Gasteiger partial charge in [0.1, 0.15) is 0 Å². The van der Waals surface area contributed by atoms with Crippen LogP contribution in [0.5, 0.6) is 0 Å². The van der Waals surface area contributed by atoms with Gasteiger partial charge in [0.25, 0.3) is 5.56 Å². The van der Waals surface area contributed by atoms with E-state index in [1.807, 2.05) is 10.9 Å². The van der Waals surface area contributed by atoms with E-state index in [2.05, 4.69) is 25.9 Å². The smallest absolute Gasteiger partial charge is 0.267 e. The second-order valence-electron chi connectivity index (χ2n) is 4.25. The van der Waals surface area contributed by atoms with Crippen molar-refractivity contribution in [1.82, 2.24) is 9.78 Å². The Balaban J connectivity index is 2.67. The van der Waals surface area contributed by atoms with Crippen molar-refractivity contribution in [3.63, 3.8) is 0 Å². The summed E-state index contributed by atoms with van der Waals surface area (Å²) in [5.41, 5.74) is 1.01. The maximum Gasteiger partial charge on any atom is 0.267 e. The molecule has 0 fully saturated rings. The molecule has 3 nitrogen and oxygen atoms in total. The van der Waals surface area contributed by atoms with Crippen LogP contribution in [0.4, 0.5) is 0 Å². The molecule has 1 N–H and O–H groups in total. The van der Waals surface area contributed by atoms with Gasteiger partial charge in [0.2, 0.25) is 0 Å². The molecule has 0 unspecified atom stereocenters. The van der Waals surface area contributed by atoms with E-state index in [1.54, 1.807) is 0 Å². The molecule has 0 saturated heterocycles. The number of hydrogen-bond acceptors (Lipinski definition) is 1. The summed E-state index contributed by atoms with van der Waals surface area (Å²) in [5.74, 6) is 0.567. The molecule has 0 aliphatic heterocycles. The molecule has 0 bridgehead atoms. The summed E-state index contributed by atoms with van der Waals surface area (Å²) < 4.78 is 1.90. The Morgan fingerprint density at radius 1 is 1.50 bits per heavy atom. The van der Waals surface area contributed by atoms with Crippen molar-refractivity contribution >= 4 is 0 Å². The van der Waals surface area contributed by atoms with E-state index in [-0.39, 0.29) is 5.56 Å². The molecule has 1 aromatic heterocycles. The number of H-pyrrole nitrogens is 1. The van der Waals surface area contributed by atoms with Crippen LogP contribution in [0.15, 0.2) is 11.0 Å². The highest BCUT2D eigenvalue weighted by atomic mass is 16.1. The van der Waals surface area contributed by atoms with Gasteiger partial charge < -0.3 is 0 Å². The molecule has 14 heavy (non-hydrogen) atoms. The van der Waals surface area contributed by atoms with Gasteiger partial charge in [-0.1, -0.05) is 27.2 Å². The van der Waals surface area contributed by atoms with Crippen LogP contribution in [-0.4, -0.2) is 9.78 Å². The van der Waals surface area contributed by atoms with Crippen LogP contribution in [0.2, 0.25) is 0 Å². The summed E-state index contributed by atoms with van der Waals surface area (Å²) in [5, 5.41) is 2.85. The van der Waals surface area contributed by atoms with Crippen LogP contribution in [0.25, 0.3) is 0 Å². The fourth-order valence-electron chi connectivity index (χ4n) is 1.52. The van der Waals surface area contributed by atoms with E-state index in [4.69, 9.17) is 0 Å². The third-order valence-corrected chi connectivity index (χ3v) is 2.21. The maximum atomic E-state index is 11.5. The van der Waals surface area contributed by atoms with Crippen molar-refractivity contribution in [3.8, 4) is 0 Å². The largest absolute Gasteiger partial charge is 0.292 e. The van der Waals surface area contributed by atoms with Crippen LogP contribution in [0, 0.1) is 5.92 Å². The zero-order valence-corrected chi connectivity index (χ0v) is 9.34. The Morgan fingerprint density at radius 2 is 2.21 bits per heavy atom. The molecule has 0 aliphatic rings. The number of rotatable bonds is 5. The van der Waals surface area contributed by atoms with Crippen LogP contribution in [0.3, 0.4) is 0 Å². The molecule has 0 aliphatic carbocycles. The zero-order chi connectivity index (χ0) is 10.6. The van der Waals surface area contributed by atoms with Crippen molar-refractivity contribution in [1.29, 1.82) is 0 Å². The molecule has 1 aromatic rings. The van der Waals surface area contributed by atoms with Gasteiger partial charge in [-0.15, -0.1) is 0 Å². The van der Waals surface area contributed by atoms with Crippen molar-refractivity contribution in [3.05, 3.63) is 22.1 Å². The molecular weight excluding hydrogens is 176 g/mol. The van der Waals surface area contributed by atoms with Gasteiger partial charge in [-0.2, -0.15) is 0 Å². The van der Waals surface area contributed by atoms with Crippen LogP contribution < -0.4 is 5.56 Å². The van der Waals surface area contributed by atoms with Gasteiger partial charge in [0.05, 0.1) is 0 Å². The molecule has 0 atom stereocenters. The van der Waals surface area contributed by atoms with E-state index in [0.717, 1.165) is 31.4 Å². The number of aromatic nitrogens is 2. The molecule has 1 rings (SSSR count). The molecule has 3 heteroatoms. The second-order valence-corrected chi connectivity index (χ2v) is 4.25. The number of nitrogens with one attached hydrogen (secondary N) is 1. The minimum atomic E-state index is 0.0825. The van der Waals surface area contributed by atoms with E-state index in [1.165, 1.54) is 0 Å². The summed E-state index contributed by atoms with van der Waals surface area (Å²) in [4.78, 5) is 11.5. The molecule has 80 valence electrons. The third-order valence-electron chi connectivity index (χ3n) is 2.21. The number of unbranched alkanes of at least 4 members (excludes halogenated alkanes) is 1. The number of nitrogens with zero attached hydrogens (tertiary/aromatic N) is 1. The summed E-state index contributed by atoms with van der Waals surface area (Å²) in [6, 6.07) is 0. The van der Waals surface area contributed by atoms with E-state index < -0.39 is 0 Å². The predicted octanol–water partition coefficient (Wildman–Crippen LogP) is 2.18. The van der Waals surface area contributed by atoms with Crippen molar-refractivity contribution in [2.75, 3.05) is 0 Å². The van der Waals surface area contributed by atoms with Gasteiger partial charge in [0, 0.05) is 18.3 Å². The van der Waals surface area contributed by atoms with Crippen LogP contribution >= 0.6 is 0 Å². The highest BCUT2D eigenvalue weighted by molar-refractivity contribution is 5.04. The minimum absolute atomic E-state index is 0.0825. The van der Waals surface area contributed by atoms with Gasteiger partial charge in [-0.3, -0.25) is 14.6 Å². The van der Waals surface area contributed by atoms with E-state index in [0.29, 0.717) is 5.92 Å². The number of aromatic amines is 1. The Bertz CT molecular complexity index is 322. The average Bonchev–Trinajstić information content (AvgIpc) is 2.41. The van der Waals surface area contributed by atoms with Gasteiger partial charge in [-0.05, 0) is 18.8 Å². The van der Waals surface area contributed by atoms with E-state index >= 15 is 0 Å². The van der Waals surface area contributed by atoms with Crippen molar-refractivity contribution in [2.24, 2.45) is 5.92 Å². The fourth-order valence-corrected chi connectivity index (χ4v) is 1.52. The van der Waals surface area contributed by atoms with Crippen LogP contribution in [-0.2, 0) is 13.0 Å².